The molecule has 1 aromatic heterocycles. The van der Waals surface area contributed by atoms with Gasteiger partial charge in [-0.05, 0) is 53.4 Å². The van der Waals surface area contributed by atoms with Gasteiger partial charge < -0.3 is 24.8 Å². The molecule has 42 heavy (non-hydrogen) atoms. The van der Waals surface area contributed by atoms with Crippen molar-refractivity contribution >= 4 is 45.5 Å². The highest BCUT2D eigenvalue weighted by molar-refractivity contribution is 7.12. The van der Waals surface area contributed by atoms with Gasteiger partial charge in [0.05, 0.1) is 37.4 Å². The van der Waals surface area contributed by atoms with Gasteiger partial charge in [0.1, 0.15) is 6.04 Å². The third-order valence-corrected chi connectivity index (χ3v) is 8.07. The predicted octanol–water partition coefficient (Wildman–Crippen LogP) is 4.72. The number of rotatable bonds is 11. The monoisotopic (exact) mass is 587 g/mol. The van der Waals surface area contributed by atoms with Gasteiger partial charge in [-0.25, -0.2) is 0 Å². The Morgan fingerprint density at radius 2 is 1.79 bits per heavy atom. The van der Waals surface area contributed by atoms with Gasteiger partial charge in [-0.2, -0.15) is 0 Å². The molecule has 9 nitrogen and oxygen atoms in total. The summed E-state index contributed by atoms with van der Waals surface area (Å²) in [4.78, 5) is 43.0. The Labute approximate surface area is 248 Å². The molecule has 0 bridgehead atoms. The minimum absolute atomic E-state index is 0.0909. The molecule has 1 aliphatic heterocycles. The van der Waals surface area contributed by atoms with Crippen LogP contribution >= 0.6 is 11.3 Å². The van der Waals surface area contributed by atoms with Gasteiger partial charge in [-0.1, -0.05) is 48.5 Å². The van der Waals surface area contributed by atoms with Crippen LogP contribution in [0.15, 0.2) is 78.2 Å². The van der Waals surface area contributed by atoms with E-state index < -0.39 is 11.9 Å². The molecule has 0 unspecified atom stereocenters. The van der Waals surface area contributed by atoms with Crippen molar-refractivity contribution in [3.05, 3.63) is 88.6 Å². The summed E-state index contributed by atoms with van der Waals surface area (Å²) in [5, 5.41) is 9.23. The Balaban J connectivity index is 1.58. The van der Waals surface area contributed by atoms with Crippen molar-refractivity contribution in [3.8, 4) is 11.5 Å². The molecule has 10 heteroatoms. The molecule has 2 N–H and O–H groups in total. The molecule has 1 aliphatic rings. The maximum absolute atomic E-state index is 14.2. The van der Waals surface area contributed by atoms with Crippen LogP contribution in [0.5, 0.6) is 11.5 Å². The lowest BCUT2D eigenvalue weighted by molar-refractivity contribution is -0.126. The minimum atomic E-state index is -1.09. The summed E-state index contributed by atoms with van der Waals surface area (Å²) in [6, 6.07) is 20.8. The lowest BCUT2D eigenvalue weighted by atomic mass is 10.00. The van der Waals surface area contributed by atoms with Crippen LogP contribution in [0.4, 0.5) is 5.69 Å². The number of nitrogens with zero attached hydrogens (tertiary/aromatic N) is 1. The summed E-state index contributed by atoms with van der Waals surface area (Å²) in [5.74, 6) is -0.289. The molecular weight excluding hydrogens is 554 g/mol. The van der Waals surface area contributed by atoms with Gasteiger partial charge in [0.15, 0.2) is 11.5 Å². The van der Waals surface area contributed by atoms with E-state index in [1.807, 2.05) is 42.5 Å². The lowest BCUT2D eigenvalue weighted by Gasteiger charge is -2.33. The first-order valence-corrected chi connectivity index (χ1v) is 14.6. The number of fused-ring (bicyclic) bond motifs is 1. The van der Waals surface area contributed by atoms with Crippen LogP contribution in [-0.4, -0.2) is 57.7 Å². The van der Waals surface area contributed by atoms with Crippen molar-refractivity contribution in [2.24, 2.45) is 0 Å². The van der Waals surface area contributed by atoms with E-state index in [0.717, 1.165) is 23.6 Å². The van der Waals surface area contributed by atoms with E-state index in [2.05, 4.69) is 10.6 Å². The van der Waals surface area contributed by atoms with Gasteiger partial charge in [-0.3, -0.25) is 19.3 Å². The Hall–Kier alpha value is -4.41. The fourth-order valence-corrected chi connectivity index (χ4v) is 5.77. The predicted molar refractivity (Wildman–Crippen MR) is 162 cm³/mol. The second kappa shape index (κ2) is 13.5. The number of ether oxygens (including phenoxy) is 3. The van der Waals surface area contributed by atoms with Crippen LogP contribution in [0.3, 0.4) is 0 Å². The molecule has 0 aliphatic carbocycles. The molecule has 0 spiro atoms. The van der Waals surface area contributed by atoms with E-state index in [4.69, 9.17) is 14.2 Å². The van der Waals surface area contributed by atoms with Gasteiger partial charge in [-0.15, -0.1) is 11.3 Å². The number of thiophene rings is 1. The third kappa shape index (κ3) is 6.40. The second-order valence-electron chi connectivity index (χ2n) is 9.82. The molecule has 218 valence electrons. The standard InChI is InChI=1S/C32H33N3O6S/c1-39-26-15-14-22(18-27(26)40-2)30(32(38)33-19-23-10-6-16-41-23)35(25-12-5-9-21-8-3-4-11-24(21)25)29(36)20-34-31(37)28-13-7-17-42-28/h3-5,7-9,11-15,17-18,23,30H,6,10,16,19-20H2,1-2H3,(H,33,38)(H,34,37)/t23-,30+/m1/s1. The van der Waals surface area contributed by atoms with Crippen LogP contribution in [0, 0.1) is 0 Å². The highest BCUT2D eigenvalue weighted by Gasteiger charge is 2.35. The van der Waals surface area contributed by atoms with Crippen molar-refractivity contribution < 1.29 is 28.6 Å². The number of hydrogen-bond donors (Lipinski definition) is 2. The topological polar surface area (TPSA) is 106 Å². The number of anilines is 1. The molecule has 2 atom stereocenters. The number of methoxy groups -OCH3 is 2. The third-order valence-electron chi connectivity index (χ3n) is 7.20. The van der Waals surface area contributed by atoms with E-state index >= 15 is 0 Å². The zero-order valence-electron chi connectivity index (χ0n) is 23.5. The Kier molecular flexibility index (Phi) is 9.35. The molecule has 2 heterocycles. The summed E-state index contributed by atoms with van der Waals surface area (Å²) < 4.78 is 16.7. The fraction of sp³-hybridized carbons (Fsp3) is 0.281. The van der Waals surface area contributed by atoms with Crippen molar-refractivity contribution in [2.45, 2.75) is 25.0 Å². The first-order chi connectivity index (χ1) is 20.5. The molecule has 3 amide bonds. The molecule has 1 fully saturated rings. The van der Waals surface area contributed by atoms with Crippen LogP contribution < -0.4 is 25.0 Å². The molecular formula is C32H33N3O6S. The maximum atomic E-state index is 14.2. The second-order valence-corrected chi connectivity index (χ2v) is 10.8. The van der Waals surface area contributed by atoms with Crippen LogP contribution in [0.25, 0.3) is 10.8 Å². The quantitative estimate of drug-likeness (QED) is 0.263. The number of hydrogen-bond acceptors (Lipinski definition) is 7. The average molecular weight is 588 g/mol. The normalized spacial score (nSPS) is 15.1. The van der Waals surface area contributed by atoms with E-state index in [-0.39, 0.29) is 24.5 Å². The van der Waals surface area contributed by atoms with Crippen molar-refractivity contribution in [2.75, 3.05) is 38.8 Å². The van der Waals surface area contributed by atoms with E-state index in [9.17, 15) is 14.4 Å². The zero-order valence-corrected chi connectivity index (χ0v) is 24.3. The minimum Gasteiger partial charge on any atom is -0.493 e. The van der Waals surface area contributed by atoms with E-state index in [1.165, 1.54) is 30.5 Å². The fourth-order valence-electron chi connectivity index (χ4n) is 5.13. The summed E-state index contributed by atoms with van der Waals surface area (Å²) in [5.41, 5.74) is 1.05. The van der Waals surface area contributed by atoms with Gasteiger partial charge in [0.25, 0.3) is 5.91 Å². The molecule has 4 aromatic rings. The highest BCUT2D eigenvalue weighted by atomic mass is 32.1. The lowest BCUT2D eigenvalue weighted by Crippen LogP contribution is -2.48. The summed E-state index contributed by atoms with van der Waals surface area (Å²) >= 11 is 1.28. The summed E-state index contributed by atoms with van der Waals surface area (Å²) in [6.45, 7) is 0.655. The number of carbonyl (C=O) groups is 3. The summed E-state index contributed by atoms with van der Waals surface area (Å²) in [6.07, 6.45) is 1.69. The van der Waals surface area contributed by atoms with Crippen molar-refractivity contribution in [1.29, 1.82) is 0 Å². The molecule has 0 radical (unpaired) electrons. The van der Waals surface area contributed by atoms with Crippen LogP contribution in [0.2, 0.25) is 0 Å². The van der Waals surface area contributed by atoms with E-state index in [0.29, 0.717) is 40.8 Å². The SMILES string of the molecule is COc1ccc([C@@H](C(=O)NC[C@H]2CCCO2)N(C(=O)CNC(=O)c2cccs2)c2cccc3ccccc23)cc1OC. The molecule has 1 saturated heterocycles. The number of benzene rings is 3. The van der Waals surface area contributed by atoms with Crippen LogP contribution in [-0.2, 0) is 14.3 Å². The van der Waals surface area contributed by atoms with Crippen LogP contribution in [0.1, 0.15) is 34.1 Å². The molecule has 3 aromatic carbocycles. The van der Waals surface area contributed by atoms with Crippen molar-refractivity contribution in [3.63, 3.8) is 0 Å². The molecule has 0 saturated carbocycles. The summed E-state index contributed by atoms with van der Waals surface area (Å²) in [7, 11) is 3.05. The largest absolute Gasteiger partial charge is 0.493 e. The van der Waals surface area contributed by atoms with Gasteiger partial charge in [0.2, 0.25) is 11.8 Å². The Morgan fingerprint density at radius 1 is 0.976 bits per heavy atom. The highest BCUT2D eigenvalue weighted by Crippen LogP contribution is 2.37. The van der Waals surface area contributed by atoms with E-state index in [1.54, 1.807) is 35.7 Å². The average Bonchev–Trinajstić information content (AvgIpc) is 3.76. The van der Waals surface area contributed by atoms with Crippen molar-refractivity contribution in [1.82, 2.24) is 10.6 Å². The first-order valence-electron chi connectivity index (χ1n) is 13.7. The molecule has 5 rings (SSSR count). The maximum Gasteiger partial charge on any atom is 0.261 e. The zero-order chi connectivity index (χ0) is 29.5. The number of amides is 3. The smallest absolute Gasteiger partial charge is 0.261 e. The van der Waals surface area contributed by atoms with Gasteiger partial charge >= 0.3 is 0 Å². The number of nitrogens with one attached hydrogen (secondary N) is 2. The Morgan fingerprint density at radius 3 is 2.52 bits per heavy atom. The Bertz CT molecular complexity index is 1550. The first kappa shape index (κ1) is 29.1. The van der Waals surface area contributed by atoms with Gasteiger partial charge in [0, 0.05) is 18.5 Å². The number of carbonyl (C=O) groups excluding carboxylic acids is 3.